The first kappa shape index (κ1) is 28.6. The predicted molar refractivity (Wildman–Crippen MR) is 104 cm³/mol. The van der Waals surface area contributed by atoms with Crippen LogP contribution in [0.5, 0.6) is 0 Å². The Morgan fingerprint density at radius 3 is 2.16 bits per heavy atom. The van der Waals surface area contributed by atoms with Crippen molar-refractivity contribution in [3.05, 3.63) is 16.5 Å². The molecular formula is C16H31Cl2FN4O2. The molecule has 1 aromatic heterocycles. The van der Waals surface area contributed by atoms with Crippen LogP contribution in [0.25, 0.3) is 0 Å². The van der Waals surface area contributed by atoms with Crippen molar-refractivity contribution in [2.75, 3.05) is 25.0 Å². The van der Waals surface area contributed by atoms with Gasteiger partial charge in [0.25, 0.3) is 0 Å². The van der Waals surface area contributed by atoms with Gasteiger partial charge < -0.3 is 10.6 Å². The third kappa shape index (κ3) is 22.8. The third-order valence-corrected chi connectivity index (χ3v) is 1.96. The van der Waals surface area contributed by atoms with E-state index in [0.29, 0.717) is 5.82 Å². The van der Waals surface area contributed by atoms with Crippen LogP contribution >= 0.6 is 23.2 Å². The molecule has 0 bridgehead atoms. The van der Waals surface area contributed by atoms with Crippen molar-refractivity contribution in [3.8, 4) is 0 Å². The van der Waals surface area contributed by atoms with E-state index in [4.69, 9.17) is 23.2 Å². The van der Waals surface area contributed by atoms with Crippen molar-refractivity contribution in [1.29, 1.82) is 0 Å². The van der Waals surface area contributed by atoms with E-state index in [1.807, 2.05) is 27.7 Å². The monoisotopic (exact) mass is 400 g/mol. The molecule has 1 amide bonds. The second-order valence-electron chi connectivity index (χ2n) is 4.59. The van der Waals surface area contributed by atoms with Gasteiger partial charge in [-0.05, 0) is 22.0 Å². The molecule has 0 spiro atoms. The lowest BCUT2D eigenvalue weighted by atomic mass is 10.3. The zero-order valence-corrected chi connectivity index (χ0v) is 17.6. The Balaban J connectivity index is -0.000000518. The smallest absolute Gasteiger partial charge is 0.239 e. The van der Waals surface area contributed by atoms with Crippen molar-refractivity contribution >= 4 is 34.9 Å². The minimum atomic E-state index is -0.340. The summed E-state index contributed by atoms with van der Waals surface area (Å²) in [4.78, 5) is 21.9. The summed E-state index contributed by atoms with van der Waals surface area (Å²) in [5, 5.41) is 5.24. The number of carbonyl (C=O) groups excluding carboxylic acids is 1. The maximum absolute atomic E-state index is 11.3. The molecule has 0 saturated carbocycles. The van der Waals surface area contributed by atoms with Crippen LogP contribution in [0.1, 0.15) is 48.5 Å². The highest BCUT2D eigenvalue weighted by molar-refractivity contribution is 6.32. The van der Waals surface area contributed by atoms with Crippen molar-refractivity contribution in [3.63, 3.8) is 0 Å². The average Bonchev–Trinajstić information content (AvgIpc) is 2.56. The Hall–Kier alpha value is -1.18. The number of amides is 1. The first-order valence-corrected chi connectivity index (χ1v) is 9.05. The van der Waals surface area contributed by atoms with Crippen LogP contribution in [0, 0.1) is 5.92 Å². The van der Waals surface area contributed by atoms with Crippen molar-refractivity contribution in [2.24, 2.45) is 5.92 Å². The van der Waals surface area contributed by atoms with Gasteiger partial charge >= 0.3 is 0 Å². The van der Waals surface area contributed by atoms with Crippen molar-refractivity contribution in [1.82, 2.24) is 15.3 Å². The molecule has 0 aliphatic heterocycles. The lowest BCUT2D eigenvalue weighted by molar-refractivity contribution is -0.133. The molecule has 1 rings (SSSR count). The van der Waals surface area contributed by atoms with Crippen molar-refractivity contribution in [2.45, 2.75) is 48.5 Å². The number of anilines is 1. The fourth-order valence-electron chi connectivity index (χ4n) is 0.943. The number of hydrogen-bond acceptors (Lipinski definition) is 5. The number of nitrogens with one attached hydrogen (secondary N) is 2. The summed E-state index contributed by atoms with van der Waals surface area (Å²) in [7, 11) is 0. The predicted octanol–water partition coefficient (Wildman–Crippen LogP) is 4.93. The van der Waals surface area contributed by atoms with E-state index >= 15 is 0 Å². The second kappa shape index (κ2) is 20.9. The van der Waals surface area contributed by atoms with Crippen LogP contribution in [0.4, 0.5) is 10.3 Å². The SMILES string of the molecule is CC.CC.CC(C)C.O=C(CNc1cc(Cl)nc(Cl)n1)NCCOF. The summed E-state index contributed by atoms with van der Waals surface area (Å²) in [5.41, 5.74) is 0. The Bertz CT molecular complexity index is 416. The van der Waals surface area contributed by atoms with Crippen LogP contribution in [0.2, 0.25) is 10.4 Å². The van der Waals surface area contributed by atoms with Gasteiger partial charge in [0, 0.05) is 12.6 Å². The van der Waals surface area contributed by atoms with E-state index < -0.39 is 0 Å². The van der Waals surface area contributed by atoms with E-state index in [1.165, 1.54) is 6.07 Å². The van der Waals surface area contributed by atoms with Gasteiger partial charge in [-0.2, -0.15) is 4.94 Å². The summed E-state index contributed by atoms with van der Waals surface area (Å²) in [5.74, 6) is 0.819. The van der Waals surface area contributed by atoms with Crippen LogP contribution < -0.4 is 10.6 Å². The molecular weight excluding hydrogens is 370 g/mol. The van der Waals surface area contributed by atoms with Gasteiger partial charge in [0.05, 0.1) is 6.54 Å². The third-order valence-electron chi connectivity index (χ3n) is 1.60. The molecule has 0 unspecified atom stereocenters. The number of halogens is 3. The van der Waals surface area contributed by atoms with Gasteiger partial charge in [0.1, 0.15) is 17.6 Å². The standard InChI is InChI=1S/C8H9Cl2FN4O2.C4H10.2C2H6/c9-5-3-6(15-8(10)14-5)13-4-7(16)12-1-2-17-11;1-4(2)3;2*1-2/h3H,1-2,4H2,(H,12,16)(H,13,14,15);4H,1-3H3;2*1-2H3. The fourth-order valence-corrected chi connectivity index (χ4v) is 1.35. The lowest BCUT2D eigenvalue weighted by Gasteiger charge is -2.06. The average molecular weight is 401 g/mol. The summed E-state index contributed by atoms with van der Waals surface area (Å²) < 4.78 is 11.3. The van der Waals surface area contributed by atoms with E-state index in [2.05, 4.69) is 46.3 Å². The number of hydrogen-bond donors (Lipinski definition) is 2. The topological polar surface area (TPSA) is 76.1 Å². The first-order chi connectivity index (χ1) is 11.8. The molecule has 6 nitrogen and oxygen atoms in total. The van der Waals surface area contributed by atoms with Gasteiger partial charge in [-0.15, -0.1) is 0 Å². The van der Waals surface area contributed by atoms with Crippen LogP contribution in [-0.4, -0.2) is 35.6 Å². The minimum absolute atomic E-state index is 0.0220. The maximum Gasteiger partial charge on any atom is 0.239 e. The lowest BCUT2D eigenvalue weighted by Crippen LogP contribution is -2.32. The maximum atomic E-state index is 11.3. The summed E-state index contributed by atoms with van der Waals surface area (Å²) >= 11 is 11.2. The van der Waals surface area contributed by atoms with Gasteiger partial charge in [-0.3, -0.25) is 4.79 Å². The Morgan fingerprint density at radius 1 is 1.20 bits per heavy atom. The fraction of sp³-hybridized carbons (Fsp3) is 0.688. The molecule has 0 saturated heterocycles. The van der Waals surface area contributed by atoms with Gasteiger partial charge in [0.15, 0.2) is 0 Å². The molecule has 1 aromatic rings. The van der Waals surface area contributed by atoms with E-state index in [9.17, 15) is 9.32 Å². The quantitative estimate of drug-likeness (QED) is 0.402. The number of aromatic nitrogens is 2. The molecule has 0 radical (unpaired) electrons. The largest absolute Gasteiger partial charge is 0.361 e. The molecule has 0 aromatic carbocycles. The highest BCUT2D eigenvalue weighted by Gasteiger charge is 2.04. The Morgan fingerprint density at radius 2 is 1.72 bits per heavy atom. The number of nitrogens with zero attached hydrogens (tertiary/aromatic N) is 2. The van der Waals surface area contributed by atoms with E-state index in [-0.39, 0.29) is 36.0 Å². The zero-order chi connectivity index (χ0) is 20.3. The molecule has 0 atom stereocenters. The molecule has 1 heterocycles. The number of rotatable bonds is 6. The minimum Gasteiger partial charge on any atom is -0.361 e. The van der Waals surface area contributed by atoms with Gasteiger partial charge in [-0.1, -0.05) is 60.1 Å². The van der Waals surface area contributed by atoms with Crippen molar-refractivity contribution < 1.29 is 14.3 Å². The van der Waals surface area contributed by atoms with Crippen LogP contribution in [0.15, 0.2) is 6.07 Å². The van der Waals surface area contributed by atoms with E-state index in [0.717, 1.165) is 5.92 Å². The molecule has 25 heavy (non-hydrogen) atoms. The molecule has 0 fully saturated rings. The Labute approximate surface area is 160 Å². The normalized spacial score (nSPS) is 8.76. The molecule has 148 valence electrons. The Kier molecular flexibility index (Phi) is 23.9. The highest BCUT2D eigenvalue weighted by atomic mass is 35.5. The van der Waals surface area contributed by atoms with E-state index in [1.54, 1.807) is 0 Å². The highest BCUT2D eigenvalue weighted by Crippen LogP contribution is 2.13. The molecule has 0 aliphatic carbocycles. The summed E-state index contributed by atoms with van der Waals surface area (Å²) in [6, 6.07) is 1.42. The number of carbonyl (C=O) groups is 1. The molecule has 9 heteroatoms. The summed E-state index contributed by atoms with van der Waals surface area (Å²) in [6.45, 7) is 14.3. The zero-order valence-electron chi connectivity index (χ0n) is 16.1. The van der Waals surface area contributed by atoms with Gasteiger partial charge in [0.2, 0.25) is 11.2 Å². The first-order valence-electron chi connectivity index (χ1n) is 8.29. The summed E-state index contributed by atoms with van der Waals surface area (Å²) in [6.07, 6.45) is 0. The molecule has 2 N–H and O–H groups in total. The van der Waals surface area contributed by atoms with Crippen LogP contribution in [0.3, 0.4) is 0 Å². The second-order valence-corrected chi connectivity index (χ2v) is 5.32. The van der Waals surface area contributed by atoms with Gasteiger partial charge in [-0.25, -0.2) is 9.97 Å². The van der Waals surface area contributed by atoms with Crippen LogP contribution in [-0.2, 0) is 9.74 Å². The molecule has 0 aliphatic rings.